The number of aromatic nitrogens is 1. The number of rotatable bonds is 7. The molecule has 3 rings (SSSR count). The Balaban J connectivity index is 1.80. The number of nitrogens with one attached hydrogen (secondary N) is 1. The third-order valence-electron chi connectivity index (χ3n) is 5.02. The number of carbonyl (C=O) groups excluding carboxylic acids is 1. The Morgan fingerprint density at radius 2 is 1.85 bits per heavy atom. The van der Waals surface area contributed by atoms with Crippen LogP contribution in [0.2, 0.25) is 0 Å². The summed E-state index contributed by atoms with van der Waals surface area (Å²) in [5, 5.41) is 3.26. The van der Waals surface area contributed by atoms with E-state index in [0.717, 1.165) is 30.6 Å². The van der Waals surface area contributed by atoms with Crippen molar-refractivity contribution in [2.75, 3.05) is 14.2 Å². The van der Waals surface area contributed by atoms with Crippen LogP contribution in [-0.4, -0.2) is 24.7 Å². The quantitative estimate of drug-likeness (QED) is 0.819. The molecule has 5 nitrogen and oxygen atoms in total. The Labute approximate surface area is 155 Å². The fraction of sp³-hybridized carbons (Fsp3) is 0.476. The van der Waals surface area contributed by atoms with Crippen LogP contribution in [0.5, 0.6) is 11.5 Å². The van der Waals surface area contributed by atoms with E-state index < -0.39 is 0 Å². The summed E-state index contributed by atoms with van der Waals surface area (Å²) >= 11 is 0. The van der Waals surface area contributed by atoms with Gasteiger partial charge in [-0.25, -0.2) is 0 Å². The van der Waals surface area contributed by atoms with Gasteiger partial charge in [-0.2, -0.15) is 0 Å². The number of benzene rings is 1. The Morgan fingerprint density at radius 3 is 2.46 bits per heavy atom. The molecule has 1 aromatic heterocycles. The molecule has 2 aromatic rings. The van der Waals surface area contributed by atoms with Gasteiger partial charge in [-0.1, -0.05) is 13.8 Å². The van der Waals surface area contributed by atoms with E-state index in [4.69, 9.17) is 9.47 Å². The summed E-state index contributed by atoms with van der Waals surface area (Å²) in [5.74, 6) is 1.95. The van der Waals surface area contributed by atoms with Gasteiger partial charge in [-0.15, -0.1) is 0 Å². The lowest BCUT2D eigenvalue weighted by Gasteiger charge is -2.23. The number of hydrogen-bond acceptors (Lipinski definition) is 3. The van der Waals surface area contributed by atoms with E-state index in [9.17, 15) is 4.79 Å². The normalized spacial score (nSPS) is 17.0. The summed E-state index contributed by atoms with van der Waals surface area (Å²) in [6.45, 7) is 4.29. The van der Waals surface area contributed by atoms with Crippen molar-refractivity contribution in [2.24, 2.45) is 5.92 Å². The number of nitrogens with zero attached hydrogens (tertiary/aromatic N) is 1. The number of amides is 1. The Bertz CT molecular complexity index is 753. The molecule has 1 amide bonds. The second kappa shape index (κ2) is 7.85. The highest BCUT2D eigenvalue weighted by Gasteiger charge is 2.29. The third-order valence-corrected chi connectivity index (χ3v) is 5.02. The fourth-order valence-corrected chi connectivity index (χ4v) is 3.72. The highest BCUT2D eigenvalue weighted by molar-refractivity contribution is 5.81. The van der Waals surface area contributed by atoms with Gasteiger partial charge >= 0.3 is 0 Å². The van der Waals surface area contributed by atoms with Crippen molar-refractivity contribution >= 4 is 5.91 Å². The van der Waals surface area contributed by atoms with Crippen LogP contribution in [0.25, 0.3) is 0 Å². The molecule has 5 heteroatoms. The minimum atomic E-state index is -0.186. The highest BCUT2D eigenvalue weighted by Crippen LogP contribution is 2.39. The number of aryl methyl sites for hydroxylation is 1. The second-order valence-corrected chi connectivity index (χ2v) is 7.28. The summed E-state index contributed by atoms with van der Waals surface area (Å²) in [5.41, 5.74) is 2.35. The van der Waals surface area contributed by atoms with Crippen molar-refractivity contribution < 1.29 is 14.3 Å². The van der Waals surface area contributed by atoms with Crippen molar-refractivity contribution in [1.29, 1.82) is 0 Å². The number of ether oxygens (including phenoxy) is 2. The molecule has 140 valence electrons. The predicted molar refractivity (Wildman–Crippen MR) is 102 cm³/mol. The zero-order chi connectivity index (χ0) is 18.7. The highest BCUT2D eigenvalue weighted by atomic mass is 16.5. The third kappa shape index (κ3) is 3.71. The first-order valence-electron chi connectivity index (χ1n) is 9.21. The smallest absolute Gasteiger partial charge is 0.243 e. The predicted octanol–water partition coefficient (Wildman–Crippen LogP) is 3.90. The molecule has 0 radical (unpaired) electrons. The van der Waals surface area contributed by atoms with Crippen molar-refractivity contribution in [3.8, 4) is 11.5 Å². The number of fused-ring (bicyclic) bond motifs is 1. The lowest BCUT2D eigenvalue weighted by atomic mass is 10.0. The van der Waals surface area contributed by atoms with Crippen LogP contribution in [0.1, 0.15) is 49.9 Å². The zero-order valence-electron chi connectivity index (χ0n) is 16.0. The van der Waals surface area contributed by atoms with Gasteiger partial charge < -0.3 is 19.4 Å². The van der Waals surface area contributed by atoms with Gasteiger partial charge in [-0.3, -0.25) is 4.79 Å². The molecule has 1 N–H and O–H groups in total. The maximum Gasteiger partial charge on any atom is 0.243 e. The molecule has 0 aliphatic heterocycles. The zero-order valence-corrected chi connectivity index (χ0v) is 16.0. The van der Waals surface area contributed by atoms with Crippen molar-refractivity contribution in [3.63, 3.8) is 0 Å². The fourth-order valence-electron chi connectivity index (χ4n) is 3.72. The van der Waals surface area contributed by atoms with E-state index in [-0.39, 0.29) is 18.0 Å². The molecular formula is C21H28N2O3. The topological polar surface area (TPSA) is 52.5 Å². The van der Waals surface area contributed by atoms with Gasteiger partial charge in [0.05, 0.1) is 20.3 Å². The summed E-state index contributed by atoms with van der Waals surface area (Å²) < 4.78 is 12.8. The summed E-state index contributed by atoms with van der Waals surface area (Å²) in [7, 11) is 3.28. The SMILES string of the molecule is COc1cc2c(cc1OC)C(NC(=O)[C@@H](CC(C)C)n1cccc1)CC2. The van der Waals surface area contributed by atoms with E-state index in [1.165, 1.54) is 5.56 Å². The molecule has 0 saturated heterocycles. The van der Waals surface area contributed by atoms with E-state index in [2.05, 4.69) is 19.2 Å². The molecule has 26 heavy (non-hydrogen) atoms. The van der Waals surface area contributed by atoms with Crippen LogP contribution in [0, 0.1) is 5.92 Å². The number of hydrogen-bond donors (Lipinski definition) is 1. The van der Waals surface area contributed by atoms with Crippen LogP contribution in [0.4, 0.5) is 0 Å². The number of carbonyl (C=O) groups is 1. The second-order valence-electron chi connectivity index (χ2n) is 7.28. The maximum atomic E-state index is 13.0. The molecule has 1 aromatic carbocycles. The first kappa shape index (κ1) is 18.4. The summed E-state index contributed by atoms with van der Waals surface area (Å²) in [4.78, 5) is 13.0. The first-order chi connectivity index (χ1) is 12.5. The van der Waals surface area contributed by atoms with Crippen molar-refractivity contribution in [2.45, 2.75) is 45.2 Å². The van der Waals surface area contributed by atoms with E-state index in [1.54, 1.807) is 14.2 Å². The van der Waals surface area contributed by atoms with Gasteiger partial charge in [0.25, 0.3) is 0 Å². The molecular weight excluding hydrogens is 328 g/mol. The Kier molecular flexibility index (Phi) is 5.55. The molecule has 0 saturated carbocycles. The minimum absolute atomic E-state index is 0.0162. The van der Waals surface area contributed by atoms with Gasteiger partial charge in [0.15, 0.2) is 11.5 Å². The largest absolute Gasteiger partial charge is 0.493 e. The molecule has 1 unspecified atom stereocenters. The van der Waals surface area contributed by atoms with E-state index >= 15 is 0 Å². The van der Waals surface area contributed by atoms with Crippen LogP contribution in [-0.2, 0) is 11.2 Å². The maximum absolute atomic E-state index is 13.0. The average Bonchev–Trinajstić information content (AvgIpc) is 3.28. The van der Waals surface area contributed by atoms with E-state index in [0.29, 0.717) is 11.7 Å². The molecule has 0 spiro atoms. The molecule has 0 fully saturated rings. The Morgan fingerprint density at radius 1 is 1.19 bits per heavy atom. The average molecular weight is 356 g/mol. The monoisotopic (exact) mass is 356 g/mol. The van der Waals surface area contributed by atoms with Gasteiger partial charge in [0.1, 0.15) is 6.04 Å². The van der Waals surface area contributed by atoms with Crippen LogP contribution in [0.3, 0.4) is 0 Å². The summed E-state index contributed by atoms with van der Waals surface area (Å²) in [6.07, 6.45) is 6.56. The van der Waals surface area contributed by atoms with Gasteiger partial charge in [-0.05, 0) is 60.6 Å². The van der Waals surface area contributed by atoms with Crippen LogP contribution < -0.4 is 14.8 Å². The number of methoxy groups -OCH3 is 2. The van der Waals surface area contributed by atoms with Crippen LogP contribution in [0.15, 0.2) is 36.7 Å². The van der Waals surface area contributed by atoms with Gasteiger partial charge in [0, 0.05) is 12.4 Å². The first-order valence-corrected chi connectivity index (χ1v) is 9.21. The molecule has 1 heterocycles. The molecule has 2 atom stereocenters. The lowest BCUT2D eigenvalue weighted by molar-refractivity contribution is -0.125. The van der Waals surface area contributed by atoms with Crippen LogP contribution >= 0.6 is 0 Å². The molecule has 1 aliphatic rings. The van der Waals surface area contributed by atoms with Crippen molar-refractivity contribution in [1.82, 2.24) is 9.88 Å². The summed E-state index contributed by atoms with van der Waals surface area (Å²) in [6, 6.07) is 7.78. The lowest BCUT2D eigenvalue weighted by Crippen LogP contribution is -2.35. The molecule has 0 bridgehead atoms. The minimum Gasteiger partial charge on any atom is -0.493 e. The van der Waals surface area contributed by atoms with E-state index in [1.807, 2.05) is 41.2 Å². The standard InChI is InChI=1S/C21H28N2O3/c1-14(2)11-18(23-9-5-6-10-23)21(24)22-17-8-7-15-12-19(25-3)20(26-4)13-16(15)17/h5-6,9-10,12-14,17-18H,7-8,11H2,1-4H3,(H,22,24)/t17?,18-/m1/s1. The Hall–Kier alpha value is -2.43. The molecule has 1 aliphatic carbocycles. The van der Waals surface area contributed by atoms with Crippen molar-refractivity contribution in [3.05, 3.63) is 47.8 Å². The van der Waals surface area contributed by atoms with Gasteiger partial charge in [0.2, 0.25) is 5.91 Å².